The molecule has 2 nitrogen and oxygen atoms in total. The monoisotopic (exact) mass is 243 g/mol. The summed E-state index contributed by atoms with van der Waals surface area (Å²) in [5.41, 5.74) is 0.929. The van der Waals surface area contributed by atoms with E-state index in [0.29, 0.717) is 11.8 Å². The predicted octanol–water partition coefficient (Wildman–Crippen LogP) is 2.78. The lowest BCUT2D eigenvalue weighted by atomic mass is 10.0. The Kier molecular flexibility index (Phi) is 3.66. The largest absolute Gasteiger partial charge is 0.495 e. The molecule has 0 saturated carbocycles. The van der Waals surface area contributed by atoms with Crippen LogP contribution in [0.2, 0.25) is 5.02 Å². The maximum atomic E-state index is 13.5. The van der Waals surface area contributed by atoms with Crippen molar-refractivity contribution in [3.63, 3.8) is 0 Å². The minimum Gasteiger partial charge on any atom is -0.495 e. The highest BCUT2D eigenvalue weighted by atomic mass is 35.5. The van der Waals surface area contributed by atoms with E-state index in [2.05, 4.69) is 5.32 Å². The molecule has 1 aromatic carbocycles. The first kappa shape index (κ1) is 11.7. The molecule has 88 valence electrons. The van der Waals surface area contributed by atoms with Crippen LogP contribution < -0.4 is 10.1 Å². The Morgan fingerprint density at radius 3 is 3.00 bits per heavy atom. The van der Waals surface area contributed by atoms with E-state index < -0.39 is 5.82 Å². The molecule has 1 heterocycles. The zero-order chi connectivity index (χ0) is 11.5. The van der Waals surface area contributed by atoms with Crippen LogP contribution >= 0.6 is 11.6 Å². The zero-order valence-corrected chi connectivity index (χ0v) is 9.98. The molecular formula is C12H15ClFNO. The number of methoxy groups -OCH3 is 1. The zero-order valence-electron chi connectivity index (χ0n) is 9.22. The predicted molar refractivity (Wildman–Crippen MR) is 62.7 cm³/mol. The Bertz CT molecular complexity index is 378. The summed E-state index contributed by atoms with van der Waals surface area (Å²) in [7, 11) is 1.50. The van der Waals surface area contributed by atoms with Crippen LogP contribution in [0, 0.1) is 5.82 Å². The van der Waals surface area contributed by atoms with Crippen molar-refractivity contribution < 1.29 is 9.13 Å². The Hall–Kier alpha value is -0.800. The van der Waals surface area contributed by atoms with Gasteiger partial charge < -0.3 is 10.1 Å². The van der Waals surface area contributed by atoms with Gasteiger partial charge in [-0.3, -0.25) is 0 Å². The molecule has 0 bridgehead atoms. The van der Waals surface area contributed by atoms with E-state index in [1.807, 2.05) is 6.07 Å². The molecule has 16 heavy (non-hydrogen) atoms. The van der Waals surface area contributed by atoms with Crippen LogP contribution in [-0.2, 0) is 6.42 Å². The normalized spacial score (nSPS) is 20.1. The van der Waals surface area contributed by atoms with E-state index in [1.165, 1.54) is 19.6 Å². The third-order valence-corrected chi connectivity index (χ3v) is 3.29. The third-order valence-electron chi connectivity index (χ3n) is 2.92. The lowest BCUT2D eigenvalue weighted by Gasteiger charge is -2.12. The summed E-state index contributed by atoms with van der Waals surface area (Å²) in [5, 5.41) is 3.44. The van der Waals surface area contributed by atoms with Crippen molar-refractivity contribution in [3.05, 3.63) is 28.5 Å². The number of benzene rings is 1. The fraction of sp³-hybridized carbons (Fsp3) is 0.500. The van der Waals surface area contributed by atoms with Crippen molar-refractivity contribution in [2.24, 2.45) is 0 Å². The molecule has 1 aliphatic rings. The molecule has 0 amide bonds. The highest BCUT2D eigenvalue weighted by molar-refractivity contribution is 6.32. The van der Waals surface area contributed by atoms with E-state index in [9.17, 15) is 4.39 Å². The van der Waals surface area contributed by atoms with Crippen molar-refractivity contribution in [3.8, 4) is 5.75 Å². The standard InChI is InChI=1S/C12H15ClFNO/c1-16-11-7-8(6-10(14)12(11)13)5-9-3-2-4-15-9/h6-7,9,15H,2-5H2,1H3. The van der Waals surface area contributed by atoms with Crippen molar-refractivity contribution >= 4 is 11.6 Å². The topological polar surface area (TPSA) is 21.3 Å². The van der Waals surface area contributed by atoms with Gasteiger partial charge >= 0.3 is 0 Å². The van der Waals surface area contributed by atoms with Gasteiger partial charge in [0, 0.05) is 6.04 Å². The summed E-state index contributed by atoms with van der Waals surface area (Å²) in [6.45, 7) is 1.05. The quantitative estimate of drug-likeness (QED) is 0.882. The number of hydrogen-bond donors (Lipinski definition) is 1. The molecule has 1 atom stereocenters. The van der Waals surface area contributed by atoms with Gasteiger partial charge in [0.25, 0.3) is 0 Å². The minimum absolute atomic E-state index is 0.0608. The van der Waals surface area contributed by atoms with Gasteiger partial charge in [-0.1, -0.05) is 11.6 Å². The van der Waals surface area contributed by atoms with Gasteiger partial charge in [0.05, 0.1) is 7.11 Å². The summed E-state index contributed by atoms with van der Waals surface area (Å²) in [6.07, 6.45) is 3.16. The first-order valence-corrected chi connectivity index (χ1v) is 5.84. The molecular weight excluding hydrogens is 229 g/mol. The van der Waals surface area contributed by atoms with Crippen LogP contribution in [0.4, 0.5) is 4.39 Å². The number of halogens is 2. The molecule has 0 aromatic heterocycles. The SMILES string of the molecule is COc1cc(CC2CCCN2)cc(F)c1Cl. The molecule has 0 radical (unpaired) electrons. The molecule has 1 saturated heterocycles. The molecule has 4 heteroatoms. The number of hydrogen-bond acceptors (Lipinski definition) is 2. The molecule has 1 N–H and O–H groups in total. The van der Waals surface area contributed by atoms with Gasteiger partial charge in [0.15, 0.2) is 0 Å². The smallest absolute Gasteiger partial charge is 0.145 e. The first-order valence-electron chi connectivity index (χ1n) is 5.46. The highest BCUT2D eigenvalue weighted by Crippen LogP contribution is 2.29. The molecule has 0 spiro atoms. The van der Waals surface area contributed by atoms with Crippen LogP contribution in [0.25, 0.3) is 0 Å². The van der Waals surface area contributed by atoms with Gasteiger partial charge in [0.2, 0.25) is 0 Å². The summed E-state index contributed by atoms with van der Waals surface area (Å²) in [5.74, 6) is 0.00340. The second-order valence-corrected chi connectivity index (χ2v) is 4.47. The van der Waals surface area contributed by atoms with Crippen molar-refractivity contribution in [2.45, 2.75) is 25.3 Å². The van der Waals surface area contributed by atoms with E-state index in [-0.39, 0.29) is 5.02 Å². The molecule has 1 unspecified atom stereocenters. The fourth-order valence-corrected chi connectivity index (χ4v) is 2.29. The maximum absolute atomic E-state index is 13.5. The van der Waals surface area contributed by atoms with E-state index in [4.69, 9.17) is 16.3 Å². The number of nitrogens with one attached hydrogen (secondary N) is 1. The van der Waals surface area contributed by atoms with Gasteiger partial charge in [-0.25, -0.2) is 4.39 Å². The molecule has 1 aromatic rings. The Morgan fingerprint density at radius 1 is 1.56 bits per heavy atom. The Morgan fingerprint density at radius 2 is 2.38 bits per heavy atom. The van der Waals surface area contributed by atoms with Gasteiger partial charge in [-0.2, -0.15) is 0 Å². The minimum atomic E-state index is -0.408. The van der Waals surface area contributed by atoms with Crippen molar-refractivity contribution in [1.82, 2.24) is 5.32 Å². The van der Waals surface area contributed by atoms with E-state index in [0.717, 1.165) is 24.9 Å². The molecule has 1 aliphatic heterocycles. The summed E-state index contributed by atoms with van der Waals surface area (Å²) < 4.78 is 18.5. The van der Waals surface area contributed by atoms with E-state index in [1.54, 1.807) is 0 Å². The van der Waals surface area contributed by atoms with Gasteiger partial charge in [-0.15, -0.1) is 0 Å². The Labute approximate surface area is 99.7 Å². The summed E-state index contributed by atoms with van der Waals surface area (Å²) in [6, 6.07) is 3.75. The molecule has 1 fully saturated rings. The third kappa shape index (κ3) is 2.47. The number of rotatable bonds is 3. The van der Waals surface area contributed by atoms with E-state index >= 15 is 0 Å². The van der Waals surface area contributed by atoms with Crippen LogP contribution in [0.5, 0.6) is 5.75 Å². The van der Waals surface area contributed by atoms with Crippen molar-refractivity contribution in [2.75, 3.05) is 13.7 Å². The second-order valence-electron chi connectivity index (χ2n) is 4.09. The number of ether oxygens (including phenoxy) is 1. The van der Waals surface area contributed by atoms with Gasteiger partial charge in [0.1, 0.15) is 16.6 Å². The van der Waals surface area contributed by atoms with Crippen LogP contribution in [0.3, 0.4) is 0 Å². The lowest BCUT2D eigenvalue weighted by molar-refractivity contribution is 0.410. The average Bonchev–Trinajstić information content (AvgIpc) is 2.76. The van der Waals surface area contributed by atoms with Crippen LogP contribution in [-0.4, -0.2) is 19.7 Å². The average molecular weight is 244 g/mol. The van der Waals surface area contributed by atoms with Crippen molar-refractivity contribution in [1.29, 1.82) is 0 Å². The lowest BCUT2D eigenvalue weighted by Crippen LogP contribution is -2.23. The Balaban J connectivity index is 2.17. The molecule has 2 rings (SSSR count). The van der Waals surface area contributed by atoms with Crippen LogP contribution in [0.1, 0.15) is 18.4 Å². The molecule has 0 aliphatic carbocycles. The maximum Gasteiger partial charge on any atom is 0.145 e. The van der Waals surface area contributed by atoms with Crippen LogP contribution in [0.15, 0.2) is 12.1 Å². The fourth-order valence-electron chi connectivity index (χ4n) is 2.10. The highest BCUT2D eigenvalue weighted by Gasteiger charge is 2.16. The van der Waals surface area contributed by atoms with Gasteiger partial charge in [-0.05, 0) is 43.5 Å². The first-order chi connectivity index (χ1) is 7.70. The summed E-state index contributed by atoms with van der Waals surface area (Å²) >= 11 is 5.77. The summed E-state index contributed by atoms with van der Waals surface area (Å²) in [4.78, 5) is 0. The second kappa shape index (κ2) is 5.02.